The highest BCUT2D eigenvalue weighted by Crippen LogP contribution is 2.35. The lowest BCUT2D eigenvalue weighted by molar-refractivity contribution is -0.145. The summed E-state index contributed by atoms with van der Waals surface area (Å²) in [6, 6.07) is 26.7. The van der Waals surface area contributed by atoms with Gasteiger partial charge in [-0.15, -0.1) is 0 Å². The topological polar surface area (TPSA) is 26.3 Å². The summed E-state index contributed by atoms with van der Waals surface area (Å²) in [5, 5.41) is 0. The van der Waals surface area contributed by atoms with Crippen molar-refractivity contribution in [1.82, 2.24) is 0 Å². The Morgan fingerprint density at radius 2 is 1.58 bits per heavy atom. The number of carbonyl (C=O) groups is 1. The van der Waals surface area contributed by atoms with Crippen LogP contribution >= 0.6 is 0 Å². The van der Waals surface area contributed by atoms with Crippen molar-refractivity contribution in [2.24, 2.45) is 0 Å². The molecule has 0 aliphatic carbocycles. The van der Waals surface area contributed by atoms with Gasteiger partial charge in [0.25, 0.3) is 0 Å². The molecule has 38 heavy (non-hydrogen) atoms. The van der Waals surface area contributed by atoms with Crippen LogP contribution in [0.3, 0.4) is 0 Å². The summed E-state index contributed by atoms with van der Waals surface area (Å²) in [7, 11) is 0. The molecule has 3 aromatic rings. The Bertz CT molecular complexity index is 1310. The normalized spacial score (nSPS) is 11.9. The summed E-state index contributed by atoms with van der Waals surface area (Å²) in [5.74, 6) is -0.159. The molecule has 0 fully saturated rings. The van der Waals surface area contributed by atoms with Gasteiger partial charge in [0.2, 0.25) is 0 Å². The second kappa shape index (κ2) is 15.2. The molecular formula is C36H38O2. The van der Waals surface area contributed by atoms with Crippen LogP contribution in [0.5, 0.6) is 0 Å². The molecule has 0 atom stereocenters. The number of unbranched alkanes of at least 4 members (excludes halogenated alkanes) is 1. The van der Waals surface area contributed by atoms with Crippen LogP contribution in [0.2, 0.25) is 0 Å². The van der Waals surface area contributed by atoms with E-state index in [1.54, 1.807) is 0 Å². The number of allylic oxidation sites excluding steroid dienone is 8. The van der Waals surface area contributed by atoms with Gasteiger partial charge in [-0.05, 0) is 77.6 Å². The molecule has 0 N–H and O–H groups in total. The standard InChI is InChI=1S/C36H38O2/c1-5-7-20-31(6-2)29(4)26-33(23-14-15-25-35(37)38-27-30-18-10-8-11-19-30)36-28(3)17-16-24-34(36)32-21-12-9-13-22-32/h5-13,16-22,24,26H,2,4,14-15,23,25,27H2,1,3H3. The van der Waals surface area contributed by atoms with Crippen LogP contribution in [0.1, 0.15) is 49.3 Å². The summed E-state index contributed by atoms with van der Waals surface area (Å²) in [5.41, 5.74) is 8.92. The number of hydrogen-bond donors (Lipinski definition) is 0. The Labute approximate surface area is 228 Å². The summed E-state index contributed by atoms with van der Waals surface area (Å²) < 4.78 is 5.47. The third kappa shape index (κ3) is 8.45. The van der Waals surface area contributed by atoms with Crippen molar-refractivity contribution in [3.05, 3.63) is 150 Å². The average molecular weight is 503 g/mol. The third-order valence-electron chi connectivity index (χ3n) is 6.41. The zero-order valence-corrected chi connectivity index (χ0v) is 22.7. The van der Waals surface area contributed by atoms with Crippen LogP contribution in [0.15, 0.2) is 134 Å². The van der Waals surface area contributed by atoms with E-state index in [9.17, 15) is 4.79 Å². The highest BCUT2D eigenvalue weighted by Gasteiger charge is 2.14. The first-order valence-electron chi connectivity index (χ1n) is 13.2. The molecule has 194 valence electrons. The molecule has 0 aliphatic rings. The molecule has 0 saturated heterocycles. The zero-order valence-electron chi connectivity index (χ0n) is 22.7. The first-order valence-corrected chi connectivity index (χ1v) is 13.2. The van der Waals surface area contributed by atoms with Gasteiger partial charge in [0.15, 0.2) is 0 Å². The molecule has 0 unspecified atom stereocenters. The summed E-state index contributed by atoms with van der Waals surface area (Å²) >= 11 is 0. The van der Waals surface area contributed by atoms with Gasteiger partial charge in [0.05, 0.1) is 0 Å². The van der Waals surface area contributed by atoms with Crippen molar-refractivity contribution in [2.75, 3.05) is 0 Å². The van der Waals surface area contributed by atoms with E-state index in [1.165, 1.54) is 27.8 Å². The number of rotatable bonds is 13. The van der Waals surface area contributed by atoms with Gasteiger partial charge in [-0.25, -0.2) is 0 Å². The summed E-state index contributed by atoms with van der Waals surface area (Å²) in [6.45, 7) is 12.8. The minimum atomic E-state index is -0.159. The summed E-state index contributed by atoms with van der Waals surface area (Å²) in [6.07, 6.45) is 12.9. The van der Waals surface area contributed by atoms with Gasteiger partial charge in [0, 0.05) is 6.42 Å². The largest absolute Gasteiger partial charge is 0.461 e. The van der Waals surface area contributed by atoms with E-state index in [4.69, 9.17) is 4.74 Å². The number of carbonyl (C=O) groups excluding carboxylic acids is 1. The Morgan fingerprint density at radius 1 is 0.895 bits per heavy atom. The maximum absolute atomic E-state index is 12.4. The first kappa shape index (κ1) is 28.4. The predicted molar refractivity (Wildman–Crippen MR) is 162 cm³/mol. The molecule has 2 nitrogen and oxygen atoms in total. The third-order valence-corrected chi connectivity index (χ3v) is 6.41. The quantitative estimate of drug-likeness (QED) is 0.132. The second-order valence-electron chi connectivity index (χ2n) is 9.26. The molecule has 2 heteroatoms. The number of aryl methyl sites for hydroxylation is 1. The van der Waals surface area contributed by atoms with Crippen LogP contribution < -0.4 is 0 Å². The smallest absolute Gasteiger partial charge is 0.306 e. The molecule has 0 saturated carbocycles. The molecule has 0 aliphatic heterocycles. The van der Waals surface area contributed by atoms with Crippen molar-refractivity contribution in [3.63, 3.8) is 0 Å². The van der Waals surface area contributed by atoms with Gasteiger partial charge in [0.1, 0.15) is 6.61 Å². The van der Waals surface area contributed by atoms with Crippen molar-refractivity contribution >= 4 is 11.5 Å². The fraction of sp³-hybridized carbons (Fsp3) is 0.194. The Hall–Kier alpha value is -4.17. The molecule has 3 rings (SSSR count). The molecule has 0 heterocycles. The van der Waals surface area contributed by atoms with Crippen LogP contribution in [-0.2, 0) is 16.1 Å². The van der Waals surface area contributed by atoms with Gasteiger partial charge in [-0.1, -0.05) is 122 Å². The van der Waals surface area contributed by atoms with E-state index in [0.29, 0.717) is 13.0 Å². The second-order valence-corrected chi connectivity index (χ2v) is 9.26. The Balaban J connectivity index is 1.81. The molecule has 0 radical (unpaired) electrons. The minimum Gasteiger partial charge on any atom is -0.461 e. The molecule has 3 aromatic carbocycles. The SMILES string of the molecule is C=CC(=CC=CC)C(=C)C=C(CCCCC(=O)OCc1ccccc1)c1c(C)cccc1-c1ccccc1. The van der Waals surface area contributed by atoms with Gasteiger partial charge in [-0.3, -0.25) is 4.79 Å². The van der Waals surface area contributed by atoms with Crippen LogP contribution in [-0.4, -0.2) is 5.97 Å². The van der Waals surface area contributed by atoms with E-state index in [0.717, 1.165) is 36.0 Å². The van der Waals surface area contributed by atoms with Crippen molar-refractivity contribution in [1.29, 1.82) is 0 Å². The number of ether oxygens (including phenoxy) is 1. The maximum Gasteiger partial charge on any atom is 0.306 e. The number of hydrogen-bond acceptors (Lipinski definition) is 2. The van der Waals surface area contributed by atoms with Gasteiger partial charge in [-0.2, -0.15) is 0 Å². The van der Waals surface area contributed by atoms with E-state index in [1.807, 2.05) is 67.6 Å². The maximum atomic E-state index is 12.4. The van der Waals surface area contributed by atoms with E-state index in [2.05, 4.69) is 68.6 Å². The zero-order chi connectivity index (χ0) is 27.2. The molecule has 0 bridgehead atoms. The molecule has 0 amide bonds. The van der Waals surface area contributed by atoms with Crippen molar-refractivity contribution in [2.45, 2.75) is 46.1 Å². The van der Waals surface area contributed by atoms with E-state index < -0.39 is 0 Å². The van der Waals surface area contributed by atoms with Crippen molar-refractivity contribution < 1.29 is 9.53 Å². The van der Waals surface area contributed by atoms with Gasteiger partial charge < -0.3 is 4.74 Å². The Morgan fingerprint density at radius 3 is 2.26 bits per heavy atom. The fourth-order valence-electron chi connectivity index (χ4n) is 4.42. The lowest BCUT2D eigenvalue weighted by Gasteiger charge is -2.18. The monoisotopic (exact) mass is 502 g/mol. The van der Waals surface area contributed by atoms with E-state index in [-0.39, 0.29) is 5.97 Å². The molecular weight excluding hydrogens is 464 g/mol. The van der Waals surface area contributed by atoms with Gasteiger partial charge >= 0.3 is 5.97 Å². The predicted octanol–water partition coefficient (Wildman–Crippen LogP) is 9.59. The minimum absolute atomic E-state index is 0.159. The number of benzene rings is 3. The lowest BCUT2D eigenvalue weighted by Crippen LogP contribution is -2.04. The van der Waals surface area contributed by atoms with Crippen LogP contribution in [0.4, 0.5) is 0 Å². The van der Waals surface area contributed by atoms with Crippen LogP contribution in [0, 0.1) is 6.92 Å². The van der Waals surface area contributed by atoms with Crippen molar-refractivity contribution in [3.8, 4) is 11.1 Å². The number of esters is 1. The molecule has 0 aromatic heterocycles. The highest BCUT2D eigenvalue weighted by atomic mass is 16.5. The molecule has 0 spiro atoms. The Kier molecular flexibility index (Phi) is 11.3. The van der Waals surface area contributed by atoms with Crippen LogP contribution in [0.25, 0.3) is 16.7 Å². The lowest BCUT2D eigenvalue weighted by atomic mass is 9.87. The van der Waals surface area contributed by atoms with E-state index >= 15 is 0 Å². The highest BCUT2D eigenvalue weighted by molar-refractivity contribution is 5.84. The fourth-order valence-corrected chi connectivity index (χ4v) is 4.42. The first-order chi connectivity index (χ1) is 18.5. The summed E-state index contributed by atoms with van der Waals surface area (Å²) in [4.78, 5) is 12.4. The average Bonchev–Trinajstić information content (AvgIpc) is 2.95.